The molecular formula is C19H18ClN3O4. The Morgan fingerprint density at radius 3 is 2.56 bits per heavy atom. The molecule has 0 saturated carbocycles. The zero-order chi connectivity index (χ0) is 19.4. The predicted octanol–water partition coefficient (Wildman–Crippen LogP) is 2.31. The Hall–Kier alpha value is -2.90. The highest BCUT2D eigenvalue weighted by atomic mass is 35.5. The summed E-state index contributed by atoms with van der Waals surface area (Å²) >= 11 is 5.98. The fraction of sp³-hybridized carbons (Fsp3) is 0.211. The van der Waals surface area contributed by atoms with Crippen molar-refractivity contribution in [2.45, 2.75) is 19.4 Å². The van der Waals surface area contributed by atoms with Crippen LogP contribution in [-0.4, -0.2) is 30.4 Å². The highest BCUT2D eigenvalue weighted by molar-refractivity contribution is 6.33. The smallest absolute Gasteiger partial charge is 0.266 e. The number of imide groups is 1. The largest absolute Gasteiger partial charge is 0.494 e. The summed E-state index contributed by atoms with van der Waals surface area (Å²) in [6.45, 7) is 2.40. The Bertz CT molecular complexity index is 870. The average molecular weight is 388 g/mol. The number of hydrazine groups is 1. The van der Waals surface area contributed by atoms with Gasteiger partial charge < -0.3 is 4.74 Å². The normalized spacial score (nSPS) is 16.5. The highest BCUT2D eigenvalue weighted by Gasteiger charge is 2.39. The summed E-state index contributed by atoms with van der Waals surface area (Å²) in [6.07, 6.45) is -0.0607. The first-order chi connectivity index (χ1) is 13.0. The Labute approximate surface area is 161 Å². The summed E-state index contributed by atoms with van der Waals surface area (Å²) in [4.78, 5) is 38.1. The SMILES string of the molecule is CCOc1ccc(N2C(=O)CC(NNC(=O)c3ccccc3Cl)C2=O)cc1. The molecule has 27 heavy (non-hydrogen) atoms. The maximum absolute atomic E-state index is 12.6. The number of nitrogens with one attached hydrogen (secondary N) is 2. The van der Waals surface area contributed by atoms with Gasteiger partial charge in [-0.25, -0.2) is 10.3 Å². The third-order valence-corrected chi connectivity index (χ3v) is 4.36. The highest BCUT2D eigenvalue weighted by Crippen LogP contribution is 2.25. The van der Waals surface area contributed by atoms with Gasteiger partial charge in [-0.05, 0) is 43.3 Å². The molecule has 1 aliphatic heterocycles. The van der Waals surface area contributed by atoms with Crippen LogP contribution in [0.15, 0.2) is 48.5 Å². The maximum Gasteiger partial charge on any atom is 0.266 e. The quantitative estimate of drug-likeness (QED) is 0.586. The molecule has 0 aliphatic carbocycles. The van der Waals surface area contributed by atoms with E-state index < -0.39 is 17.9 Å². The molecule has 1 unspecified atom stereocenters. The predicted molar refractivity (Wildman–Crippen MR) is 101 cm³/mol. The summed E-state index contributed by atoms with van der Waals surface area (Å²) in [5.74, 6) is -0.625. The number of rotatable bonds is 6. The van der Waals surface area contributed by atoms with Gasteiger partial charge >= 0.3 is 0 Å². The number of nitrogens with zero attached hydrogens (tertiary/aromatic N) is 1. The Balaban J connectivity index is 1.65. The lowest BCUT2D eigenvalue weighted by atomic mass is 10.2. The van der Waals surface area contributed by atoms with Crippen LogP contribution in [0.2, 0.25) is 5.02 Å². The first-order valence-electron chi connectivity index (χ1n) is 8.41. The Kier molecular flexibility index (Phi) is 5.73. The van der Waals surface area contributed by atoms with Crippen LogP contribution < -0.4 is 20.5 Å². The second-order valence-corrected chi connectivity index (χ2v) is 6.24. The van der Waals surface area contributed by atoms with Gasteiger partial charge in [0.2, 0.25) is 5.91 Å². The van der Waals surface area contributed by atoms with E-state index in [1.165, 1.54) is 0 Å². The van der Waals surface area contributed by atoms with Crippen molar-refractivity contribution in [3.05, 3.63) is 59.1 Å². The van der Waals surface area contributed by atoms with E-state index in [1.54, 1.807) is 48.5 Å². The lowest BCUT2D eigenvalue weighted by molar-refractivity contribution is -0.121. The number of anilines is 1. The topological polar surface area (TPSA) is 87.7 Å². The van der Waals surface area contributed by atoms with Gasteiger partial charge in [0, 0.05) is 0 Å². The Morgan fingerprint density at radius 1 is 1.19 bits per heavy atom. The minimum absolute atomic E-state index is 0.0607. The van der Waals surface area contributed by atoms with E-state index in [9.17, 15) is 14.4 Å². The van der Waals surface area contributed by atoms with Crippen LogP contribution in [0, 0.1) is 0 Å². The molecule has 1 saturated heterocycles. The molecule has 1 atom stereocenters. The van der Waals surface area contributed by atoms with E-state index >= 15 is 0 Å². The van der Waals surface area contributed by atoms with Crippen molar-refractivity contribution in [3.63, 3.8) is 0 Å². The second-order valence-electron chi connectivity index (χ2n) is 5.83. The van der Waals surface area contributed by atoms with Gasteiger partial charge in [-0.15, -0.1) is 0 Å². The van der Waals surface area contributed by atoms with Crippen LogP contribution in [0.4, 0.5) is 5.69 Å². The molecule has 0 radical (unpaired) electrons. The molecule has 1 aliphatic rings. The molecule has 8 heteroatoms. The zero-order valence-electron chi connectivity index (χ0n) is 14.6. The first kappa shape index (κ1) is 18.9. The van der Waals surface area contributed by atoms with Crippen molar-refractivity contribution in [1.29, 1.82) is 0 Å². The van der Waals surface area contributed by atoms with Gasteiger partial charge in [0.15, 0.2) is 0 Å². The standard InChI is InChI=1S/C19H18ClN3O4/c1-2-27-13-9-7-12(8-10-13)23-17(24)11-16(19(23)26)21-22-18(25)14-5-3-4-6-15(14)20/h3-10,16,21H,2,11H2,1H3,(H,22,25). The maximum atomic E-state index is 12.6. The van der Waals surface area contributed by atoms with E-state index in [0.717, 1.165) is 4.90 Å². The van der Waals surface area contributed by atoms with Crippen LogP contribution in [0.3, 0.4) is 0 Å². The van der Waals surface area contributed by atoms with Crippen LogP contribution in [-0.2, 0) is 9.59 Å². The summed E-state index contributed by atoms with van der Waals surface area (Å²) in [5.41, 5.74) is 5.79. The first-order valence-corrected chi connectivity index (χ1v) is 8.79. The van der Waals surface area contributed by atoms with Gasteiger partial charge in [-0.1, -0.05) is 23.7 Å². The van der Waals surface area contributed by atoms with Crippen molar-refractivity contribution in [1.82, 2.24) is 10.9 Å². The molecule has 2 N–H and O–H groups in total. The molecule has 2 aromatic carbocycles. The zero-order valence-corrected chi connectivity index (χ0v) is 15.3. The second kappa shape index (κ2) is 8.20. The fourth-order valence-electron chi connectivity index (χ4n) is 2.74. The summed E-state index contributed by atoms with van der Waals surface area (Å²) < 4.78 is 5.36. The summed E-state index contributed by atoms with van der Waals surface area (Å²) in [5, 5.41) is 0.293. The van der Waals surface area contributed by atoms with Crippen LogP contribution in [0.25, 0.3) is 0 Å². The van der Waals surface area contributed by atoms with Gasteiger partial charge in [-0.3, -0.25) is 19.8 Å². The van der Waals surface area contributed by atoms with Gasteiger partial charge in [0.05, 0.1) is 29.3 Å². The van der Waals surface area contributed by atoms with E-state index in [4.69, 9.17) is 16.3 Å². The number of carbonyl (C=O) groups excluding carboxylic acids is 3. The minimum Gasteiger partial charge on any atom is -0.494 e. The number of hydrogen-bond acceptors (Lipinski definition) is 5. The number of ether oxygens (including phenoxy) is 1. The molecule has 7 nitrogen and oxygen atoms in total. The van der Waals surface area contributed by atoms with E-state index in [2.05, 4.69) is 10.9 Å². The molecule has 140 valence electrons. The van der Waals surface area contributed by atoms with E-state index in [0.29, 0.717) is 23.1 Å². The van der Waals surface area contributed by atoms with Crippen molar-refractivity contribution in [2.75, 3.05) is 11.5 Å². The minimum atomic E-state index is -0.851. The third-order valence-electron chi connectivity index (χ3n) is 4.03. The number of carbonyl (C=O) groups is 3. The molecule has 3 amide bonds. The van der Waals surface area contributed by atoms with Gasteiger partial charge in [-0.2, -0.15) is 0 Å². The molecule has 1 fully saturated rings. The molecule has 2 aromatic rings. The van der Waals surface area contributed by atoms with Crippen molar-refractivity contribution in [2.24, 2.45) is 0 Å². The lowest BCUT2D eigenvalue weighted by Crippen LogP contribution is -2.48. The van der Waals surface area contributed by atoms with Crippen LogP contribution in [0.1, 0.15) is 23.7 Å². The molecular weight excluding hydrogens is 370 g/mol. The summed E-state index contributed by atoms with van der Waals surface area (Å²) in [7, 11) is 0. The summed E-state index contributed by atoms with van der Waals surface area (Å²) in [6, 6.07) is 12.4. The molecule has 0 spiro atoms. The van der Waals surface area contributed by atoms with Crippen molar-refractivity contribution >= 4 is 35.0 Å². The van der Waals surface area contributed by atoms with Crippen molar-refractivity contribution < 1.29 is 19.1 Å². The van der Waals surface area contributed by atoms with E-state index in [1.807, 2.05) is 6.92 Å². The number of benzene rings is 2. The number of halogens is 1. The number of amides is 3. The van der Waals surface area contributed by atoms with Gasteiger partial charge in [0.25, 0.3) is 11.8 Å². The van der Waals surface area contributed by atoms with Gasteiger partial charge in [0.1, 0.15) is 11.8 Å². The van der Waals surface area contributed by atoms with Crippen LogP contribution >= 0.6 is 11.6 Å². The van der Waals surface area contributed by atoms with Crippen LogP contribution in [0.5, 0.6) is 5.75 Å². The average Bonchev–Trinajstić information content (AvgIpc) is 2.95. The molecule has 1 heterocycles. The fourth-order valence-corrected chi connectivity index (χ4v) is 2.96. The molecule has 0 aromatic heterocycles. The van der Waals surface area contributed by atoms with E-state index in [-0.39, 0.29) is 17.9 Å². The molecule has 0 bridgehead atoms. The van der Waals surface area contributed by atoms with Crippen molar-refractivity contribution in [3.8, 4) is 5.75 Å². The lowest BCUT2D eigenvalue weighted by Gasteiger charge is -2.16. The number of hydrogen-bond donors (Lipinski definition) is 2. The third kappa shape index (κ3) is 4.10. The Morgan fingerprint density at radius 2 is 1.89 bits per heavy atom. The monoisotopic (exact) mass is 387 g/mol. The molecule has 3 rings (SSSR count).